The summed E-state index contributed by atoms with van der Waals surface area (Å²) in [6.45, 7) is 0. The average molecular weight is 186 g/mol. The van der Waals surface area contributed by atoms with E-state index in [0.29, 0.717) is 0 Å². The van der Waals surface area contributed by atoms with Crippen LogP contribution in [0.3, 0.4) is 0 Å². The predicted molar refractivity (Wildman–Crippen MR) is 57.4 cm³/mol. The van der Waals surface area contributed by atoms with E-state index >= 15 is 0 Å². The molecule has 0 N–H and O–H groups in total. The fourth-order valence-corrected chi connectivity index (χ4v) is 1.53. The Kier molecular flexibility index (Phi) is 2.32. The topological polar surface area (TPSA) is 12.9 Å². The number of hydrogen-bond acceptors (Lipinski definition) is 2. The zero-order valence-electron chi connectivity index (χ0n) is 7.03. The van der Waals surface area contributed by atoms with Crippen LogP contribution in [0.4, 0.5) is 0 Å². The summed E-state index contributed by atoms with van der Waals surface area (Å²) in [5.74, 6) is 0. The van der Waals surface area contributed by atoms with Gasteiger partial charge in [-0.2, -0.15) is 0 Å². The van der Waals surface area contributed by atoms with E-state index in [1.807, 2.05) is 24.3 Å². The molecule has 0 aromatic carbocycles. The highest BCUT2D eigenvalue weighted by Gasteiger charge is 2.08. The molecule has 0 saturated carbocycles. The Hall–Kier alpha value is -1.28. The SMILES string of the molecule is S=C1CC=CC=C1c1[c]nccc1. The van der Waals surface area contributed by atoms with E-state index < -0.39 is 0 Å². The van der Waals surface area contributed by atoms with Crippen LogP contribution in [-0.2, 0) is 0 Å². The first-order chi connectivity index (χ1) is 6.38. The summed E-state index contributed by atoms with van der Waals surface area (Å²) in [7, 11) is 0. The third-order valence-corrected chi connectivity index (χ3v) is 2.29. The molecule has 0 atom stereocenters. The Morgan fingerprint density at radius 3 is 3.08 bits per heavy atom. The molecule has 1 aliphatic rings. The van der Waals surface area contributed by atoms with E-state index in [1.54, 1.807) is 6.20 Å². The Morgan fingerprint density at radius 1 is 1.46 bits per heavy atom. The summed E-state index contributed by atoms with van der Waals surface area (Å²) in [4.78, 5) is 4.91. The first-order valence-electron chi connectivity index (χ1n) is 4.11. The number of hydrogen-bond donors (Lipinski definition) is 0. The third kappa shape index (κ3) is 1.73. The lowest BCUT2D eigenvalue weighted by Crippen LogP contribution is -2.00. The van der Waals surface area contributed by atoms with Crippen molar-refractivity contribution in [1.82, 2.24) is 4.98 Å². The van der Waals surface area contributed by atoms with Gasteiger partial charge < -0.3 is 0 Å². The molecular weight excluding hydrogens is 178 g/mol. The predicted octanol–water partition coefficient (Wildman–Crippen LogP) is 2.59. The molecule has 1 nitrogen and oxygen atoms in total. The van der Waals surface area contributed by atoms with Crippen molar-refractivity contribution in [2.24, 2.45) is 0 Å². The average Bonchev–Trinajstić information content (AvgIpc) is 2.20. The second-order valence-electron chi connectivity index (χ2n) is 2.80. The van der Waals surface area contributed by atoms with Crippen LogP contribution in [0.25, 0.3) is 5.57 Å². The highest BCUT2D eigenvalue weighted by Crippen LogP contribution is 2.20. The fourth-order valence-electron chi connectivity index (χ4n) is 1.26. The highest BCUT2D eigenvalue weighted by molar-refractivity contribution is 7.81. The quantitative estimate of drug-likeness (QED) is 0.625. The van der Waals surface area contributed by atoms with Gasteiger partial charge in [0.05, 0.1) is 6.20 Å². The van der Waals surface area contributed by atoms with Gasteiger partial charge in [0.2, 0.25) is 0 Å². The summed E-state index contributed by atoms with van der Waals surface area (Å²) in [5, 5.41) is 0. The van der Waals surface area contributed by atoms with Gasteiger partial charge >= 0.3 is 0 Å². The standard InChI is InChI=1S/C11H8NS/c13-11-6-2-1-5-10(11)9-4-3-7-12-8-9/h1-5,7H,6H2. The monoisotopic (exact) mass is 186 g/mol. The molecule has 0 saturated heterocycles. The molecule has 2 heteroatoms. The molecule has 2 rings (SSSR count). The summed E-state index contributed by atoms with van der Waals surface area (Å²) in [5.41, 5.74) is 2.06. The van der Waals surface area contributed by atoms with Crippen molar-refractivity contribution >= 4 is 22.7 Å². The van der Waals surface area contributed by atoms with Crippen LogP contribution in [0.1, 0.15) is 12.0 Å². The first-order valence-corrected chi connectivity index (χ1v) is 4.52. The maximum absolute atomic E-state index is 5.24. The summed E-state index contributed by atoms with van der Waals surface area (Å²) < 4.78 is 0. The molecule has 0 unspecified atom stereocenters. The summed E-state index contributed by atoms with van der Waals surface area (Å²) in [6, 6.07) is 3.87. The van der Waals surface area contributed by atoms with Crippen LogP contribution < -0.4 is 0 Å². The molecule has 1 heterocycles. The fraction of sp³-hybridized carbons (Fsp3) is 0.0909. The van der Waals surface area contributed by atoms with Crippen molar-refractivity contribution in [1.29, 1.82) is 0 Å². The lowest BCUT2D eigenvalue weighted by atomic mass is 9.99. The van der Waals surface area contributed by atoms with Gasteiger partial charge in [-0.25, -0.2) is 0 Å². The number of thiocarbonyl (C=S) groups is 1. The van der Waals surface area contributed by atoms with Crippen molar-refractivity contribution in [3.8, 4) is 0 Å². The van der Waals surface area contributed by atoms with Crippen LogP contribution in [0, 0.1) is 6.20 Å². The number of nitrogens with zero attached hydrogens (tertiary/aromatic N) is 1. The van der Waals surface area contributed by atoms with E-state index in [1.165, 1.54) is 0 Å². The number of allylic oxidation sites excluding steroid dienone is 4. The Bertz CT molecular complexity index is 376. The molecule has 13 heavy (non-hydrogen) atoms. The van der Waals surface area contributed by atoms with Crippen LogP contribution in [-0.4, -0.2) is 9.85 Å². The minimum absolute atomic E-state index is 0.851. The molecule has 1 aromatic rings. The second-order valence-corrected chi connectivity index (χ2v) is 3.29. The molecule has 0 bridgehead atoms. The summed E-state index contributed by atoms with van der Waals surface area (Å²) >= 11 is 5.24. The van der Waals surface area contributed by atoms with E-state index in [-0.39, 0.29) is 0 Å². The Labute approximate surface area is 82.8 Å². The van der Waals surface area contributed by atoms with Crippen LogP contribution in [0.5, 0.6) is 0 Å². The van der Waals surface area contributed by atoms with Gasteiger partial charge in [0.25, 0.3) is 0 Å². The molecule has 1 aromatic heterocycles. The smallest absolute Gasteiger partial charge is 0.0971 e. The summed E-state index contributed by atoms with van der Waals surface area (Å²) in [6.07, 6.45) is 11.6. The van der Waals surface area contributed by atoms with Crippen LogP contribution in [0.15, 0.2) is 36.6 Å². The molecule has 0 aliphatic heterocycles. The minimum Gasteiger partial charge on any atom is -0.254 e. The lowest BCUT2D eigenvalue weighted by Gasteiger charge is -2.09. The number of aromatic nitrogens is 1. The third-order valence-electron chi connectivity index (χ3n) is 1.90. The normalized spacial score (nSPS) is 15.7. The van der Waals surface area contributed by atoms with Crippen LogP contribution in [0.2, 0.25) is 0 Å². The van der Waals surface area contributed by atoms with Crippen molar-refractivity contribution in [3.05, 3.63) is 48.3 Å². The molecule has 0 fully saturated rings. The molecule has 1 aliphatic carbocycles. The zero-order chi connectivity index (χ0) is 9.10. The van der Waals surface area contributed by atoms with Crippen LogP contribution >= 0.6 is 12.2 Å². The minimum atomic E-state index is 0.851. The van der Waals surface area contributed by atoms with Gasteiger partial charge in [0.15, 0.2) is 0 Å². The molecule has 63 valence electrons. The van der Waals surface area contributed by atoms with E-state index in [0.717, 1.165) is 22.4 Å². The Balaban J connectivity index is 2.41. The maximum atomic E-state index is 5.24. The van der Waals surface area contributed by atoms with Crippen molar-refractivity contribution in [2.45, 2.75) is 6.42 Å². The Morgan fingerprint density at radius 2 is 2.38 bits per heavy atom. The van der Waals surface area contributed by atoms with Gasteiger partial charge in [-0.3, -0.25) is 4.98 Å². The lowest BCUT2D eigenvalue weighted by molar-refractivity contribution is 1.29. The van der Waals surface area contributed by atoms with E-state index in [4.69, 9.17) is 12.2 Å². The maximum Gasteiger partial charge on any atom is 0.0971 e. The van der Waals surface area contributed by atoms with Gasteiger partial charge in [0, 0.05) is 23.0 Å². The van der Waals surface area contributed by atoms with Gasteiger partial charge in [-0.05, 0) is 11.6 Å². The van der Waals surface area contributed by atoms with E-state index in [2.05, 4.69) is 17.3 Å². The number of rotatable bonds is 1. The first kappa shape index (κ1) is 8.32. The van der Waals surface area contributed by atoms with E-state index in [9.17, 15) is 0 Å². The highest BCUT2D eigenvalue weighted by atomic mass is 32.1. The largest absolute Gasteiger partial charge is 0.254 e. The number of pyridine rings is 1. The molecule has 1 radical (unpaired) electrons. The van der Waals surface area contributed by atoms with Crippen molar-refractivity contribution in [3.63, 3.8) is 0 Å². The van der Waals surface area contributed by atoms with Gasteiger partial charge in [0.1, 0.15) is 0 Å². The zero-order valence-corrected chi connectivity index (χ0v) is 7.84. The van der Waals surface area contributed by atoms with Crippen molar-refractivity contribution in [2.75, 3.05) is 0 Å². The molecular formula is C11H8NS. The second kappa shape index (κ2) is 3.62. The van der Waals surface area contributed by atoms with Gasteiger partial charge in [-0.1, -0.05) is 36.5 Å². The molecule has 0 spiro atoms. The molecule has 0 amide bonds. The van der Waals surface area contributed by atoms with Crippen molar-refractivity contribution < 1.29 is 0 Å². The van der Waals surface area contributed by atoms with Gasteiger partial charge in [-0.15, -0.1) is 0 Å².